The first-order chi connectivity index (χ1) is 6.04. The Labute approximate surface area is 78.4 Å². The Morgan fingerprint density at radius 1 is 1.31 bits per heavy atom. The van der Waals surface area contributed by atoms with E-state index in [1.807, 2.05) is 0 Å². The number of hydrogen-bond donors (Lipinski definition) is 1. The summed E-state index contributed by atoms with van der Waals surface area (Å²) in [5, 5.41) is 0. The largest absolute Gasteiger partial charge is 0.373 e. The second kappa shape index (κ2) is 2.93. The van der Waals surface area contributed by atoms with Gasteiger partial charge in [-0.15, -0.1) is 0 Å². The molecule has 0 amide bonds. The standard InChI is InChI=1S/C8H15NO3S/c9-7-1-4-12-8(7)2-5-13(10,11)6-3-8/h7H,1-6,9H2. The van der Waals surface area contributed by atoms with Crippen LogP contribution in [0.5, 0.6) is 0 Å². The van der Waals surface area contributed by atoms with Crippen LogP contribution < -0.4 is 5.73 Å². The average Bonchev–Trinajstić information content (AvgIpc) is 2.41. The van der Waals surface area contributed by atoms with Crippen molar-refractivity contribution in [1.29, 1.82) is 0 Å². The van der Waals surface area contributed by atoms with Gasteiger partial charge in [0.1, 0.15) is 0 Å². The molecule has 2 aliphatic heterocycles. The van der Waals surface area contributed by atoms with E-state index in [9.17, 15) is 8.42 Å². The minimum Gasteiger partial charge on any atom is -0.373 e. The summed E-state index contributed by atoms with van der Waals surface area (Å²) in [6, 6.07) is 0.0306. The van der Waals surface area contributed by atoms with E-state index in [1.165, 1.54) is 0 Å². The van der Waals surface area contributed by atoms with E-state index in [2.05, 4.69) is 0 Å². The highest BCUT2D eigenvalue weighted by atomic mass is 32.2. The van der Waals surface area contributed by atoms with Crippen molar-refractivity contribution in [3.8, 4) is 0 Å². The van der Waals surface area contributed by atoms with Gasteiger partial charge in [0, 0.05) is 12.6 Å². The average molecular weight is 205 g/mol. The predicted octanol–water partition coefficient (Wildman–Crippen LogP) is -0.319. The molecule has 1 unspecified atom stereocenters. The molecule has 0 radical (unpaired) electrons. The molecule has 2 heterocycles. The summed E-state index contributed by atoms with van der Waals surface area (Å²) in [5.74, 6) is 0.474. The maximum Gasteiger partial charge on any atom is 0.150 e. The quantitative estimate of drug-likeness (QED) is 0.588. The first-order valence-corrected chi connectivity index (χ1v) is 6.46. The summed E-state index contributed by atoms with van der Waals surface area (Å²) in [6.45, 7) is 0.682. The Bertz CT molecular complexity index is 285. The van der Waals surface area contributed by atoms with Crippen molar-refractivity contribution in [1.82, 2.24) is 0 Å². The molecule has 1 spiro atoms. The van der Waals surface area contributed by atoms with Crippen molar-refractivity contribution >= 4 is 9.84 Å². The lowest BCUT2D eigenvalue weighted by atomic mass is 9.89. The van der Waals surface area contributed by atoms with Gasteiger partial charge in [-0.05, 0) is 19.3 Å². The van der Waals surface area contributed by atoms with Crippen LogP contribution in [-0.2, 0) is 14.6 Å². The van der Waals surface area contributed by atoms with Gasteiger partial charge in [0.05, 0.1) is 17.1 Å². The minimum atomic E-state index is -2.81. The van der Waals surface area contributed by atoms with E-state index < -0.39 is 9.84 Å². The third-order valence-corrected chi connectivity index (χ3v) is 4.82. The summed E-state index contributed by atoms with van der Waals surface area (Å²) in [7, 11) is -2.81. The summed E-state index contributed by atoms with van der Waals surface area (Å²) in [6.07, 6.45) is 2.02. The normalized spacial score (nSPS) is 36.5. The Morgan fingerprint density at radius 3 is 2.38 bits per heavy atom. The van der Waals surface area contributed by atoms with Gasteiger partial charge in [-0.25, -0.2) is 8.42 Å². The highest BCUT2D eigenvalue weighted by Gasteiger charge is 2.45. The Kier molecular flexibility index (Phi) is 2.13. The van der Waals surface area contributed by atoms with E-state index in [1.54, 1.807) is 0 Å². The molecule has 4 nitrogen and oxygen atoms in total. The lowest BCUT2D eigenvalue weighted by Gasteiger charge is -2.35. The topological polar surface area (TPSA) is 69.4 Å². The van der Waals surface area contributed by atoms with E-state index in [4.69, 9.17) is 10.5 Å². The number of hydrogen-bond acceptors (Lipinski definition) is 4. The molecule has 13 heavy (non-hydrogen) atoms. The van der Waals surface area contributed by atoms with Gasteiger partial charge in [-0.2, -0.15) is 0 Å². The number of rotatable bonds is 0. The molecule has 0 aliphatic carbocycles. The fourth-order valence-electron chi connectivity index (χ4n) is 2.16. The third kappa shape index (κ3) is 1.60. The molecular weight excluding hydrogens is 190 g/mol. The van der Waals surface area contributed by atoms with Crippen molar-refractivity contribution in [2.24, 2.45) is 5.73 Å². The second-order valence-electron chi connectivity index (χ2n) is 3.96. The van der Waals surface area contributed by atoms with Crippen molar-refractivity contribution in [2.45, 2.75) is 30.9 Å². The molecule has 0 aromatic heterocycles. The molecule has 1 atom stereocenters. The number of sulfone groups is 1. The fourth-order valence-corrected chi connectivity index (χ4v) is 3.68. The summed E-state index contributed by atoms with van der Waals surface area (Å²) < 4.78 is 28.0. The van der Waals surface area contributed by atoms with Crippen LogP contribution >= 0.6 is 0 Å². The molecule has 2 fully saturated rings. The Balaban J connectivity index is 2.12. The summed E-state index contributed by atoms with van der Waals surface area (Å²) in [4.78, 5) is 0. The van der Waals surface area contributed by atoms with Crippen molar-refractivity contribution in [3.63, 3.8) is 0 Å². The van der Waals surface area contributed by atoms with Gasteiger partial charge in [0.25, 0.3) is 0 Å². The lowest BCUT2D eigenvalue weighted by molar-refractivity contribution is -0.0119. The molecule has 0 saturated carbocycles. The smallest absolute Gasteiger partial charge is 0.150 e. The van der Waals surface area contributed by atoms with Crippen LogP contribution in [-0.4, -0.2) is 38.2 Å². The van der Waals surface area contributed by atoms with Gasteiger partial charge in [0.2, 0.25) is 0 Å². The van der Waals surface area contributed by atoms with Crippen molar-refractivity contribution in [2.75, 3.05) is 18.1 Å². The zero-order valence-corrected chi connectivity index (χ0v) is 8.35. The predicted molar refractivity (Wildman–Crippen MR) is 49.2 cm³/mol. The molecular formula is C8H15NO3S. The highest BCUT2D eigenvalue weighted by Crippen LogP contribution is 2.35. The van der Waals surface area contributed by atoms with Crippen LogP contribution in [0.3, 0.4) is 0 Å². The first-order valence-electron chi connectivity index (χ1n) is 4.64. The summed E-state index contributed by atoms with van der Waals surface area (Å²) >= 11 is 0. The molecule has 2 saturated heterocycles. The van der Waals surface area contributed by atoms with Crippen molar-refractivity contribution in [3.05, 3.63) is 0 Å². The van der Waals surface area contributed by atoms with E-state index in [-0.39, 0.29) is 23.1 Å². The van der Waals surface area contributed by atoms with E-state index in [0.717, 1.165) is 6.42 Å². The molecule has 0 aromatic carbocycles. The molecule has 2 rings (SSSR count). The van der Waals surface area contributed by atoms with Crippen LogP contribution in [0.4, 0.5) is 0 Å². The number of ether oxygens (including phenoxy) is 1. The minimum absolute atomic E-state index is 0.0306. The van der Waals surface area contributed by atoms with E-state index >= 15 is 0 Å². The summed E-state index contributed by atoms with van der Waals surface area (Å²) in [5.41, 5.74) is 5.60. The Morgan fingerprint density at radius 2 is 1.92 bits per heavy atom. The monoisotopic (exact) mass is 205 g/mol. The first kappa shape index (κ1) is 9.43. The SMILES string of the molecule is NC1CCOC12CCS(=O)(=O)CC2. The molecule has 2 N–H and O–H groups in total. The van der Waals surface area contributed by atoms with Crippen LogP contribution in [0.25, 0.3) is 0 Å². The maximum absolute atomic E-state index is 11.2. The molecule has 0 bridgehead atoms. The van der Waals surface area contributed by atoms with Gasteiger partial charge < -0.3 is 10.5 Å². The van der Waals surface area contributed by atoms with E-state index in [0.29, 0.717) is 19.4 Å². The Hall–Kier alpha value is -0.130. The van der Waals surface area contributed by atoms with Crippen LogP contribution in [0, 0.1) is 0 Å². The van der Waals surface area contributed by atoms with Crippen LogP contribution in [0.2, 0.25) is 0 Å². The second-order valence-corrected chi connectivity index (χ2v) is 6.26. The maximum atomic E-state index is 11.2. The lowest BCUT2D eigenvalue weighted by Crippen LogP contribution is -2.50. The zero-order valence-electron chi connectivity index (χ0n) is 7.53. The molecule has 2 aliphatic rings. The van der Waals surface area contributed by atoms with Gasteiger partial charge >= 0.3 is 0 Å². The van der Waals surface area contributed by atoms with Gasteiger partial charge in [0.15, 0.2) is 9.84 Å². The van der Waals surface area contributed by atoms with Gasteiger partial charge in [-0.1, -0.05) is 0 Å². The van der Waals surface area contributed by atoms with Crippen LogP contribution in [0.1, 0.15) is 19.3 Å². The third-order valence-electron chi connectivity index (χ3n) is 3.17. The van der Waals surface area contributed by atoms with Crippen molar-refractivity contribution < 1.29 is 13.2 Å². The van der Waals surface area contributed by atoms with Crippen LogP contribution in [0.15, 0.2) is 0 Å². The molecule has 76 valence electrons. The fraction of sp³-hybridized carbons (Fsp3) is 1.00. The van der Waals surface area contributed by atoms with Gasteiger partial charge in [-0.3, -0.25) is 0 Å². The zero-order chi connectivity index (χ0) is 9.53. The molecule has 5 heteroatoms. The highest BCUT2D eigenvalue weighted by molar-refractivity contribution is 7.91. The number of nitrogens with two attached hydrogens (primary N) is 1. The molecule has 0 aromatic rings.